The van der Waals surface area contributed by atoms with Gasteiger partial charge in [-0.15, -0.1) is 0 Å². The van der Waals surface area contributed by atoms with Crippen LogP contribution in [-0.4, -0.2) is 19.5 Å². The molecule has 0 aromatic heterocycles. The van der Waals surface area contributed by atoms with Gasteiger partial charge in [-0.25, -0.2) is 4.99 Å². The van der Waals surface area contributed by atoms with Crippen LogP contribution in [0.3, 0.4) is 0 Å². The second kappa shape index (κ2) is 6.48. The molecule has 3 atom stereocenters. The van der Waals surface area contributed by atoms with Crippen LogP contribution in [0, 0.1) is 16.0 Å². The van der Waals surface area contributed by atoms with Crippen molar-refractivity contribution in [2.24, 2.45) is 10.9 Å². The Bertz CT molecular complexity index is 992. The topological polar surface area (TPSA) is 58.7 Å². The van der Waals surface area contributed by atoms with Crippen molar-refractivity contribution in [3.05, 3.63) is 88.1 Å². The van der Waals surface area contributed by atoms with Crippen molar-refractivity contribution >= 4 is 45.8 Å². The molecule has 1 saturated carbocycles. The largest absolute Gasteiger partial charge is 0.314 e. The summed E-state index contributed by atoms with van der Waals surface area (Å²) < 4.78 is -1.19. The fourth-order valence-electron chi connectivity index (χ4n) is 4.11. The normalized spacial score (nSPS) is 27.6. The van der Waals surface area contributed by atoms with Crippen LogP contribution in [-0.2, 0) is 5.54 Å². The number of alkyl halides is 2. The first-order chi connectivity index (χ1) is 13.2. The summed E-state index contributed by atoms with van der Waals surface area (Å²) in [6.45, 7) is 5.83. The molecule has 0 radical (unpaired) electrons. The molecule has 5 nitrogen and oxygen atoms in total. The highest BCUT2D eigenvalue weighted by molar-refractivity contribution is 6.65. The highest BCUT2D eigenvalue weighted by Gasteiger charge is 2.82. The summed E-state index contributed by atoms with van der Waals surface area (Å²) in [6.07, 6.45) is 0. The molecule has 8 heteroatoms. The molecule has 0 saturated heterocycles. The van der Waals surface area contributed by atoms with Crippen molar-refractivity contribution in [3.63, 3.8) is 0 Å². The Kier molecular flexibility index (Phi) is 4.45. The van der Waals surface area contributed by atoms with E-state index < -0.39 is 14.8 Å². The van der Waals surface area contributed by atoms with Crippen molar-refractivity contribution < 1.29 is 4.92 Å². The molecule has 0 spiro atoms. The van der Waals surface area contributed by atoms with Gasteiger partial charge in [-0.2, -0.15) is 0 Å². The third-order valence-corrected chi connectivity index (χ3v) is 6.71. The molecule has 1 aliphatic carbocycles. The average molecular weight is 437 g/mol. The number of non-ortho nitro benzene ring substituents is 1. The van der Waals surface area contributed by atoms with Crippen LogP contribution in [0.1, 0.15) is 24.1 Å². The SMILES string of the molecule is C=C(C)N1C(Cl)=NC2(c3ccccc3)C(C1c1ccc([N+](=O)[O-])cc1)C2(Cl)Cl. The maximum atomic E-state index is 11.0. The Balaban J connectivity index is 1.88. The number of fused-ring (bicyclic) bond motifs is 1. The van der Waals surface area contributed by atoms with Crippen molar-refractivity contribution in [2.45, 2.75) is 22.8 Å². The average Bonchev–Trinajstić information content (AvgIpc) is 3.17. The van der Waals surface area contributed by atoms with Gasteiger partial charge in [-0.3, -0.25) is 10.1 Å². The molecule has 1 fully saturated rings. The molecule has 0 bridgehead atoms. The number of benzene rings is 2. The number of aliphatic imine (C=N–C) groups is 1. The van der Waals surface area contributed by atoms with E-state index in [1.165, 1.54) is 12.1 Å². The minimum absolute atomic E-state index is 0.00864. The number of nitrogens with zero attached hydrogens (tertiary/aromatic N) is 3. The van der Waals surface area contributed by atoms with Gasteiger partial charge in [0.25, 0.3) is 5.69 Å². The first-order valence-corrected chi connectivity index (χ1v) is 9.73. The standard InChI is InChI=1S/C20H16Cl3N3O2/c1-12(2)25-16(13-8-10-15(11-9-13)26(27)28)17-19(20(17,22)23,24-18(25)21)14-6-4-3-5-7-14/h3-11,16-17H,1H2,2H3. The Hall–Kier alpha value is -2.08. The summed E-state index contributed by atoms with van der Waals surface area (Å²) >= 11 is 20.2. The molecule has 144 valence electrons. The van der Waals surface area contributed by atoms with Crippen LogP contribution in [0.5, 0.6) is 0 Å². The van der Waals surface area contributed by atoms with Crippen molar-refractivity contribution in [2.75, 3.05) is 0 Å². The smallest absolute Gasteiger partial charge is 0.269 e. The van der Waals surface area contributed by atoms with Gasteiger partial charge in [-0.05, 0) is 29.7 Å². The summed E-state index contributed by atoms with van der Waals surface area (Å²) in [5.41, 5.74) is 1.46. The number of nitro groups is 1. The van der Waals surface area contributed by atoms with E-state index in [2.05, 4.69) is 6.58 Å². The van der Waals surface area contributed by atoms with E-state index in [0.29, 0.717) is 5.70 Å². The van der Waals surface area contributed by atoms with Gasteiger partial charge in [0.2, 0.25) is 0 Å². The first-order valence-electron chi connectivity index (χ1n) is 8.59. The predicted molar refractivity (Wildman–Crippen MR) is 112 cm³/mol. The van der Waals surface area contributed by atoms with E-state index in [1.807, 2.05) is 37.3 Å². The third-order valence-electron chi connectivity index (χ3n) is 5.40. The Morgan fingerprint density at radius 3 is 2.32 bits per heavy atom. The molecular weight excluding hydrogens is 421 g/mol. The van der Waals surface area contributed by atoms with E-state index in [-0.39, 0.29) is 22.9 Å². The number of hydrogen-bond acceptors (Lipinski definition) is 4. The molecule has 2 aliphatic rings. The van der Waals surface area contributed by atoms with Crippen molar-refractivity contribution in [1.82, 2.24) is 4.90 Å². The first kappa shape index (κ1) is 19.2. The molecule has 0 amide bonds. The lowest BCUT2D eigenvalue weighted by molar-refractivity contribution is -0.384. The monoisotopic (exact) mass is 435 g/mol. The van der Waals surface area contributed by atoms with Crippen LogP contribution >= 0.6 is 34.8 Å². The molecule has 1 heterocycles. The Morgan fingerprint density at radius 1 is 1.18 bits per heavy atom. The molecule has 2 aromatic rings. The fourth-order valence-corrected chi connectivity index (χ4v) is 5.47. The zero-order valence-corrected chi connectivity index (χ0v) is 17.1. The Labute approximate surface area is 177 Å². The highest BCUT2D eigenvalue weighted by Crippen LogP contribution is 2.76. The summed E-state index contributed by atoms with van der Waals surface area (Å²) in [4.78, 5) is 17.1. The zero-order valence-electron chi connectivity index (χ0n) is 14.8. The van der Waals surface area contributed by atoms with Gasteiger partial charge >= 0.3 is 0 Å². The van der Waals surface area contributed by atoms with Gasteiger partial charge in [0.15, 0.2) is 9.63 Å². The van der Waals surface area contributed by atoms with Gasteiger partial charge in [0.05, 0.1) is 16.9 Å². The minimum atomic E-state index is -1.19. The van der Waals surface area contributed by atoms with E-state index in [0.717, 1.165) is 11.1 Å². The van der Waals surface area contributed by atoms with Gasteiger partial charge in [0.1, 0.15) is 5.54 Å². The fraction of sp³-hybridized carbons (Fsp3) is 0.250. The molecule has 28 heavy (non-hydrogen) atoms. The molecule has 4 rings (SSSR count). The van der Waals surface area contributed by atoms with Crippen molar-refractivity contribution in [3.8, 4) is 0 Å². The number of allylic oxidation sites excluding steroid dienone is 1. The number of hydrogen-bond donors (Lipinski definition) is 0. The van der Waals surface area contributed by atoms with Crippen LogP contribution < -0.4 is 0 Å². The van der Waals surface area contributed by atoms with Crippen molar-refractivity contribution in [1.29, 1.82) is 0 Å². The molecule has 1 aliphatic heterocycles. The molecule has 0 N–H and O–H groups in total. The summed E-state index contributed by atoms with van der Waals surface area (Å²) in [6, 6.07) is 15.5. The van der Waals surface area contributed by atoms with Gasteiger partial charge in [0, 0.05) is 17.8 Å². The van der Waals surface area contributed by atoms with Crippen LogP contribution in [0.25, 0.3) is 0 Å². The minimum Gasteiger partial charge on any atom is -0.314 e. The number of rotatable bonds is 4. The van der Waals surface area contributed by atoms with Crippen LogP contribution in [0.15, 0.2) is 71.9 Å². The van der Waals surface area contributed by atoms with E-state index in [4.69, 9.17) is 39.8 Å². The van der Waals surface area contributed by atoms with Crippen LogP contribution in [0.4, 0.5) is 5.69 Å². The molecule has 3 unspecified atom stereocenters. The second-order valence-electron chi connectivity index (χ2n) is 7.01. The summed E-state index contributed by atoms with van der Waals surface area (Å²) in [5.74, 6) is -0.314. The predicted octanol–water partition coefficient (Wildman–Crippen LogP) is 5.78. The van der Waals surface area contributed by atoms with Gasteiger partial charge in [-0.1, -0.05) is 72.2 Å². The van der Waals surface area contributed by atoms with E-state index >= 15 is 0 Å². The number of halogens is 3. The van der Waals surface area contributed by atoms with E-state index in [1.54, 1.807) is 17.0 Å². The number of amidine groups is 1. The van der Waals surface area contributed by atoms with Crippen LogP contribution in [0.2, 0.25) is 0 Å². The number of nitro benzene ring substituents is 1. The lowest BCUT2D eigenvalue weighted by atomic mass is 9.92. The van der Waals surface area contributed by atoms with Gasteiger partial charge < -0.3 is 4.90 Å². The lowest BCUT2D eigenvalue weighted by Crippen LogP contribution is -2.37. The highest BCUT2D eigenvalue weighted by atomic mass is 35.5. The zero-order chi connectivity index (χ0) is 20.3. The lowest BCUT2D eigenvalue weighted by Gasteiger charge is -2.37. The Morgan fingerprint density at radius 2 is 1.79 bits per heavy atom. The maximum Gasteiger partial charge on any atom is 0.269 e. The summed E-state index contributed by atoms with van der Waals surface area (Å²) in [5, 5.41) is 11.3. The molecular formula is C20H16Cl3N3O2. The quantitative estimate of drug-likeness (QED) is 0.264. The maximum absolute atomic E-state index is 11.0. The molecule has 2 aromatic carbocycles. The van der Waals surface area contributed by atoms with E-state index in [9.17, 15) is 10.1 Å². The third kappa shape index (κ3) is 2.57. The second-order valence-corrected chi connectivity index (χ2v) is 8.74. The summed E-state index contributed by atoms with van der Waals surface area (Å²) in [7, 11) is 0.